The zero-order valence-electron chi connectivity index (χ0n) is 9.79. The van der Waals surface area contributed by atoms with Crippen molar-refractivity contribution in [3.63, 3.8) is 0 Å². The fourth-order valence-corrected chi connectivity index (χ4v) is 1.29. The van der Waals surface area contributed by atoms with Crippen molar-refractivity contribution in [1.29, 1.82) is 0 Å². The van der Waals surface area contributed by atoms with Crippen molar-refractivity contribution in [2.75, 3.05) is 0 Å². The molecule has 2 atom stereocenters. The summed E-state index contributed by atoms with van der Waals surface area (Å²) in [6.45, 7) is 3.80. The summed E-state index contributed by atoms with van der Waals surface area (Å²) in [6, 6.07) is 3.85. The van der Waals surface area contributed by atoms with Gasteiger partial charge in [0.25, 0.3) is 0 Å². The lowest BCUT2D eigenvalue weighted by Crippen LogP contribution is -2.28. The van der Waals surface area contributed by atoms with Gasteiger partial charge >= 0.3 is 6.18 Å². The average Bonchev–Trinajstić information content (AvgIpc) is 2.27. The fraction of sp³-hybridized carbons (Fsp3) is 0.500. The highest BCUT2D eigenvalue weighted by molar-refractivity contribution is 5.31. The third-order valence-electron chi connectivity index (χ3n) is 2.48. The second kappa shape index (κ2) is 5.40. The van der Waals surface area contributed by atoms with Crippen LogP contribution in [0.3, 0.4) is 0 Å². The number of rotatable bonds is 4. The van der Waals surface area contributed by atoms with Crippen molar-refractivity contribution >= 4 is 0 Å². The van der Waals surface area contributed by atoms with Crippen LogP contribution in [-0.2, 0) is 0 Å². The van der Waals surface area contributed by atoms with Gasteiger partial charge in [-0.25, -0.2) is 0 Å². The third kappa shape index (κ3) is 3.93. The van der Waals surface area contributed by atoms with Crippen LogP contribution in [0.25, 0.3) is 0 Å². The Bertz CT molecular complexity index is 365. The van der Waals surface area contributed by atoms with Crippen molar-refractivity contribution in [3.05, 3.63) is 29.8 Å². The molecule has 0 aromatic heterocycles. The number of hydrogen-bond donors (Lipinski definition) is 1. The number of benzene rings is 1. The largest absolute Gasteiger partial charge is 0.491 e. The maximum Gasteiger partial charge on any atom is 0.407 e. The second-order valence-corrected chi connectivity index (χ2v) is 3.93. The monoisotopic (exact) mass is 247 g/mol. The molecular formula is C12H16F3NO. The zero-order chi connectivity index (χ0) is 13.1. The quantitative estimate of drug-likeness (QED) is 0.884. The Morgan fingerprint density at radius 1 is 1.35 bits per heavy atom. The molecule has 0 heterocycles. The van der Waals surface area contributed by atoms with E-state index in [0.717, 1.165) is 6.42 Å². The maximum atomic E-state index is 12.4. The third-order valence-corrected chi connectivity index (χ3v) is 2.48. The SMILES string of the molecule is CCC(C)Oc1cccc([C@H](N)C(F)(F)F)c1. The van der Waals surface area contributed by atoms with E-state index in [2.05, 4.69) is 0 Å². The molecule has 2 nitrogen and oxygen atoms in total. The number of hydrogen-bond acceptors (Lipinski definition) is 2. The summed E-state index contributed by atoms with van der Waals surface area (Å²) in [6.07, 6.45) is -3.68. The molecule has 0 bridgehead atoms. The van der Waals surface area contributed by atoms with Gasteiger partial charge in [0, 0.05) is 0 Å². The minimum atomic E-state index is -4.44. The van der Waals surface area contributed by atoms with Crippen molar-refractivity contribution < 1.29 is 17.9 Å². The van der Waals surface area contributed by atoms with Crippen LogP contribution in [0.1, 0.15) is 31.9 Å². The van der Waals surface area contributed by atoms with Gasteiger partial charge < -0.3 is 10.5 Å². The normalized spacial score (nSPS) is 15.4. The number of alkyl halides is 3. The van der Waals surface area contributed by atoms with E-state index in [0.29, 0.717) is 5.75 Å². The Morgan fingerprint density at radius 3 is 2.53 bits per heavy atom. The first-order valence-corrected chi connectivity index (χ1v) is 5.43. The van der Waals surface area contributed by atoms with Crippen LogP contribution in [0.2, 0.25) is 0 Å². The molecule has 5 heteroatoms. The summed E-state index contributed by atoms with van der Waals surface area (Å²) in [7, 11) is 0. The van der Waals surface area contributed by atoms with Crippen molar-refractivity contribution in [2.45, 2.75) is 38.6 Å². The standard InChI is InChI=1S/C12H16F3NO/c1-3-8(2)17-10-6-4-5-9(7-10)11(16)12(13,14)15/h4-8,11H,3,16H2,1-2H3/t8?,11-/m0/s1. The van der Waals surface area contributed by atoms with E-state index in [1.165, 1.54) is 18.2 Å². The van der Waals surface area contributed by atoms with Crippen LogP contribution in [0.15, 0.2) is 24.3 Å². The summed E-state index contributed by atoms with van der Waals surface area (Å²) in [5, 5.41) is 0. The van der Waals surface area contributed by atoms with Crippen molar-refractivity contribution in [2.24, 2.45) is 5.73 Å². The highest BCUT2D eigenvalue weighted by Gasteiger charge is 2.37. The van der Waals surface area contributed by atoms with Crippen LogP contribution in [0.4, 0.5) is 13.2 Å². The van der Waals surface area contributed by atoms with Gasteiger partial charge in [-0.1, -0.05) is 19.1 Å². The zero-order valence-corrected chi connectivity index (χ0v) is 9.79. The van der Waals surface area contributed by atoms with Gasteiger partial charge in [-0.05, 0) is 31.0 Å². The van der Waals surface area contributed by atoms with Crippen molar-refractivity contribution in [1.82, 2.24) is 0 Å². The Labute approximate surface area is 98.6 Å². The van der Waals surface area contributed by atoms with Gasteiger partial charge in [0.1, 0.15) is 11.8 Å². The molecule has 0 fully saturated rings. The molecule has 96 valence electrons. The lowest BCUT2D eigenvalue weighted by atomic mass is 10.1. The highest BCUT2D eigenvalue weighted by atomic mass is 19.4. The van der Waals surface area contributed by atoms with E-state index in [4.69, 9.17) is 10.5 Å². The smallest absolute Gasteiger partial charge is 0.407 e. The molecule has 0 spiro atoms. The fourth-order valence-electron chi connectivity index (χ4n) is 1.29. The van der Waals surface area contributed by atoms with Crippen LogP contribution in [-0.4, -0.2) is 12.3 Å². The lowest BCUT2D eigenvalue weighted by Gasteiger charge is -2.18. The predicted molar refractivity (Wildman–Crippen MR) is 59.8 cm³/mol. The van der Waals surface area contributed by atoms with Gasteiger partial charge in [-0.3, -0.25) is 0 Å². The molecule has 0 saturated carbocycles. The van der Waals surface area contributed by atoms with Crippen LogP contribution in [0.5, 0.6) is 5.75 Å². The first kappa shape index (κ1) is 13.8. The Balaban J connectivity index is 2.86. The van der Waals surface area contributed by atoms with E-state index in [1.807, 2.05) is 13.8 Å². The summed E-state index contributed by atoms with van der Waals surface area (Å²) in [5.74, 6) is 0.413. The molecule has 0 saturated heterocycles. The van der Waals surface area contributed by atoms with Gasteiger partial charge in [0.05, 0.1) is 6.10 Å². The molecule has 0 amide bonds. The van der Waals surface area contributed by atoms with E-state index < -0.39 is 12.2 Å². The minimum absolute atomic E-state index is 0.0123. The van der Waals surface area contributed by atoms with Crippen LogP contribution < -0.4 is 10.5 Å². The molecule has 17 heavy (non-hydrogen) atoms. The topological polar surface area (TPSA) is 35.2 Å². The molecule has 1 rings (SSSR count). The Kier molecular flexibility index (Phi) is 4.40. The van der Waals surface area contributed by atoms with E-state index in [9.17, 15) is 13.2 Å². The number of halogens is 3. The predicted octanol–water partition coefficient (Wildman–Crippen LogP) is 3.43. The number of nitrogens with two attached hydrogens (primary N) is 1. The summed E-state index contributed by atoms with van der Waals surface area (Å²) in [4.78, 5) is 0. The van der Waals surface area contributed by atoms with Gasteiger partial charge in [0.15, 0.2) is 0 Å². The van der Waals surface area contributed by atoms with Crippen molar-refractivity contribution in [3.8, 4) is 5.75 Å². The molecule has 1 aromatic rings. The first-order valence-electron chi connectivity index (χ1n) is 5.43. The lowest BCUT2D eigenvalue weighted by molar-refractivity contribution is -0.149. The molecule has 1 unspecified atom stereocenters. The minimum Gasteiger partial charge on any atom is -0.491 e. The van der Waals surface area contributed by atoms with E-state index >= 15 is 0 Å². The molecular weight excluding hydrogens is 231 g/mol. The average molecular weight is 247 g/mol. The van der Waals surface area contributed by atoms with Crippen LogP contribution >= 0.6 is 0 Å². The van der Waals surface area contributed by atoms with Gasteiger partial charge in [-0.2, -0.15) is 13.2 Å². The van der Waals surface area contributed by atoms with Crippen LogP contribution in [0, 0.1) is 0 Å². The maximum absolute atomic E-state index is 12.4. The number of ether oxygens (including phenoxy) is 1. The molecule has 0 aliphatic heterocycles. The Morgan fingerprint density at radius 2 is 2.00 bits per heavy atom. The first-order chi connectivity index (χ1) is 7.84. The van der Waals surface area contributed by atoms with E-state index in [-0.39, 0.29) is 11.7 Å². The Hall–Kier alpha value is -1.23. The summed E-state index contributed by atoms with van der Waals surface area (Å²) < 4.78 is 42.7. The highest BCUT2D eigenvalue weighted by Crippen LogP contribution is 2.31. The molecule has 2 N–H and O–H groups in total. The van der Waals surface area contributed by atoms with Gasteiger partial charge in [0.2, 0.25) is 0 Å². The molecule has 0 aliphatic carbocycles. The van der Waals surface area contributed by atoms with Gasteiger partial charge in [-0.15, -0.1) is 0 Å². The molecule has 0 aliphatic rings. The van der Waals surface area contributed by atoms with E-state index in [1.54, 1.807) is 6.07 Å². The molecule has 1 aromatic carbocycles. The molecule has 0 radical (unpaired) electrons. The summed E-state index contributed by atoms with van der Waals surface area (Å²) in [5.41, 5.74) is 5.14. The summed E-state index contributed by atoms with van der Waals surface area (Å²) >= 11 is 0. The second-order valence-electron chi connectivity index (χ2n) is 3.93.